The maximum absolute atomic E-state index is 10.1. The van der Waals surface area contributed by atoms with E-state index in [1.54, 1.807) is 0 Å². The second-order valence-corrected chi connectivity index (χ2v) is 8.10. The summed E-state index contributed by atoms with van der Waals surface area (Å²) in [6.45, 7) is 10.5. The quantitative estimate of drug-likeness (QED) is 0.822. The monoisotopic (exact) mass is 257 g/mol. The van der Waals surface area contributed by atoms with E-state index in [9.17, 15) is 5.11 Å². The van der Waals surface area contributed by atoms with E-state index in [4.69, 9.17) is 0 Å². The molecular formula is C14H27NOS. The van der Waals surface area contributed by atoms with Crippen LogP contribution in [0.25, 0.3) is 0 Å². The van der Waals surface area contributed by atoms with Crippen molar-refractivity contribution in [2.45, 2.75) is 56.6 Å². The molecule has 1 saturated carbocycles. The van der Waals surface area contributed by atoms with Crippen molar-refractivity contribution >= 4 is 11.8 Å². The lowest BCUT2D eigenvalue weighted by atomic mass is 9.80. The molecule has 1 aliphatic heterocycles. The van der Waals surface area contributed by atoms with Gasteiger partial charge < -0.3 is 10.0 Å². The van der Waals surface area contributed by atoms with Gasteiger partial charge in [0.1, 0.15) is 0 Å². The average Bonchev–Trinajstić information content (AvgIpc) is 2.22. The Hall–Kier alpha value is 0.270. The molecule has 0 aromatic rings. The summed E-state index contributed by atoms with van der Waals surface area (Å²) in [5, 5.41) is 11.6. The van der Waals surface area contributed by atoms with Gasteiger partial charge in [0, 0.05) is 30.1 Å². The molecule has 2 nitrogen and oxygen atoms in total. The van der Waals surface area contributed by atoms with E-state index in [0.717, 1.165) is 29.4 Å². The van der Waals surface area contributed by atoms with Crippen molar-refractivity contribution in [3.63, 3.8) is 0 Å². The molecule has 1 N–H and O–H groups in total. The zero-order chi connectivity index (χ0) is 12.4. The summed E-state index contributed by atoms with van der Waals surface area (Å²) >= 11 is 2.10. The van der Waals surface area contributed by atoms with Crippen LogP contribution in [-0.2, 0) is 0 Å². The fourth-order valence-corrected chi connectivity index (χ4v) is 4.83. The standard InChI is InChI=1S/C14H27NOS/c1-10-4-5-14(16)13(6-10)9-15-7-11(2)17-12(3)8-15/h10-14,16H,4-9H2,1-3H3. The number of aliphatic hydroxyl groups is 1. The first-order chi connectivity index (χ1) is 8.04. The Bertz CT molecular complexity index is 238. The zero-order valence-electron chi connectivity index (χ0n) is 11.4. The number of rotatable bonds is 2. The number of aliphatic hydroxyl groups excluding tert-OH is 1. The molecule has 0 aromatic heterocycles. The predicted octanol–water partition coefficient (Wildman–Crippen LogP) is 2.61. The number of nitrogens with zero attached hydrogens (tertiary/aromatic N) is 1. The van der Waals surface area contributed by atoms with E-state index >= 15 is 0 Å². The lowest BCUT2D eigenvalue weighted by molar-refractivity contribution is 0.0303. The van der Waals surface area contributed by atoms with E-state index in [0.29, 0.717) is 5.92 Å². The molecule has 0 spiro atoms. The molecule has 0 amide bonds. The van der Waals surface area contributed by atoms with Gasteiger partial charge in [0.2, 0.25) is 0 Å². The molecule has 0 bridgehead atoms. The van der Waals surface area contributed by atoms with Gasteiger partial charge in [-0.15, -0.1) is 0 Å². The molecular weight excluding hydrogens is 230 g/mol. The molecule has 100 valence electrons. The van der Waals surface area contributed by atoms with Crippen LogP contribution in [0.4, 0.5) is 0 Å². The topological polar surface area (TPSA) is 23.5 Å². The number of thioether (sulfide) groups is 1. The van der Waals surface area contributed by atoms with Gasteiger partial charge in [0.15, 0.2) is 0 Å². The van der Waals surface area contributed by atoms with Crippen molar-refractivity contribution in [1.29, 1.82) is 0 Å². The van der Waals surface area contributed by atoms with Crippen molar-refractivity contribution in [1.82, 2.24) is 4.90 Å². The molecule has 1 aliphatic carbocycles. The predicted molar refractivity (Wildman–Crippen MR) is 75.5 cm³/mol. The number of hydrogen-bond acceptors (Lipinski definition) is 3. The maximum Gasteiger partial charge on any atom is 0.0580 e. The van der Waals surface area contributed by atoms with E-state index in [1.807, 2.05) is 0 Å². The Morgan fingerprint density at radius 1 is 1.12 bits per heavy atom. The van der Waals surface area contributed by atoms with Crippen molar-refractivity contribution in [3.05, 3.63) is 0 Å². The largest absolute Gasteiger partial charge is 0.393 e. The highest BCUT2D eigenvalue weighted by Gasteiger charge is 2.31. The minimum absolute atomic E-state index is 0.0496. The Balaban J connectivity index is 1.86. The third kappa shape index (κ3) is 3.87. The summed E-state index contributed by atoms with van der Waals surface area (Å²) in [4.78, 5) is 2.58. The summed E-state index contributed by atoms with van der Waals surface area (Å²) in [5.74, 6) is 1.32. The second kappa shape index (κ2) is 5.94. The normalized spacial score (nSPS) is 44.8. The molecule has 0 aromatic carbocycles. The summed E-state index contributed by atoms with van der Waals surface area (Å²) in [5.41, 5.74) is 0. The summed E-state index contributed by atoms with van der Waals surface area (Å²) in [6, 6.07) is 0. The smallest absolute Gasteiger partial charge is 0.0580 e. The molecule has 17 heavy (non-hydrogen) atoms. The van der Waals surface area contributed by atoms with Crippen LogP contribution >= 0.6 is 11.8 Å². The van der Waals surface area contributed by atoms with Crippen LogP contribution in [0.2, 0.25) is 0 Å². The first-order valence-electron chi connectivity index (χ1n) is 7.10. The molecule has 2 rings (SSSR count). The van der Waals surface area contributed by atoms with Gasteiger partial charge >= 0.3 is 0 Å². The van der Waals surface area contributed by atoms with Crippen LogP contribution in [0.5, 0.6) is 0 Å². The van der Waals surface area contributed by atoms with Crippen LogP contribution in [0.15, 0.2) is 0 Å². The fraction of sp³-hybridized carbons (Fsp3) is 1.00. The van der Waals surface area contributed by atoms with Crippen LogP contribution in [0.3, 0.4) is 0 Å². The van der Waals surface area contributed by atoms with Crippen LogP contribution in [-0.4, -0.2) is 46.2 Å². The SMILES string of the molecule is CC1CCC(O)C(CN2CC(C)SC(C)C2)C1. The number of hydrogen-bond donors (Lipinski definition) is 1. The van der Waals surface area contributed by atoms with Crippen LogP contribution < -0.4 is 0 Å². The Kier molecular flexibility index (Phi) is 4.79. The lowest BCUT2D eigenvalue weighted by Gasteiger charge is -2.40. The first kappa shape index (κ1) is 13.7. The van der Waals surface area contributed by atoms with Gasteiger partial charge in [-0.3, -0.25) is 0 Å². The van der Waals surface area contributed by atoms with Gasteiger partial charge in [-0.2, -0.15) is 11.8 Å². The van der Waals surface area contributed by atoms with E-state index in [2.05, 4.69) is 37.4 Å². The molecule has 2 fully saturated rings. The minimum Gasteiger partial charge on any atom is -0.393 e. The van der Waals surface area contributed by atoms with Crippen molar-refractivity contribution in [2.75, 3.05) is 19.6 Å². The van der Waals surface area contributed by atoms with Crippen molar-refractivity contribution in [2.24, 2.45) is 11.8 Å². The van der Waals surface area contributed by atoms with E-state index < -0.39 is 0 Å². The third-order valence-electron chi connectivity index (χ3n) is 4.19. The summed E-state index contributed by atoms with van der Waals surface area (Å²) in [6.07, 6.45) is 3.39. The highest BCUT2D eigenvalue weighted by Crippen LogP contribution is 2.31. The first-order valence-corrected chi connectivity index (χ1v) is 8.04. The summed E-state index contributed by atoms with van der Waals surface area (Å²) in [7, 11) is 0. The molecule has 5 unspecified atom stereocenters. The highest BCUT2D eigenvalue weighted by molar-refractivity contribution is 8.00. The van der Waals surface area contributed by atoms with Gasteiger partial charge in [0.05, 0.1) is 6.10 Å². The average molecular weight is 257 g/mol. The van der Waals surface area contributed by atoms with Crippen molar-refractivity contribution in [3.8, 4) is 0 Å². The van der Waals surface area contributed by atoms with E-state index in [-0.39, 0.29) is 6.10 Å². The van der Waals surface area contributed by atoms with Gasteiger partial charge in [-0.25, -0.2) is 0 Å². The molecule has 3 heteroatoms. The van der Waals surface area contributed by atoms with Gasteiger partial charge in [0.25, 0.3) is 0 Å². The molecule has 0 radical (unpaired) electrons. The Morgan fingerprint density at radius 3 is 2.41 bits per heavy atom. The van der Waals surface area contributed by atoms with Crippen molar-refractivity contribution < 1.29 is 5.11 Å². The maximum atomic E-state index is 10.1. The van der Waals surface area contributed by atoms with Gasteiger partial charge in [-0.05, 0) is 31.1 Å². The molecule has 2 aliphatic rings. The molecule has 5 atom stereocenters. The summed E-state index contributed by atoms with van der Waals surface area (Å²) < 4.78 is 0. The van der Waals surface area contributed by atoms with Crippen LogP contribution in [0.1, 0.15) is 40.0 Å². The van der Waals surface area contributed by atoms with Gasteiger partial charge in [-0.1, -0.05) is 20.8 Å². The third-order valence-corrected chi connectivity index (χ3v) is 5.42. The van der Waals surface area contributed by atoms with Crippen LogP contribution in [0, 0.1) is 11.8 Å². The lowest BCUT2D eigenvalue weighted by Crippen LogP contribution is -2.45. The second-order valence-electron chi connectivity index (χ2n) is 6.22. The molecule has 1 saturated heterocycles. The Morgan fingerprint density at radius 2 is 1.76 bits per heavy atom. The Labute approximate surface area is 110 Å². The minimum atomic E-state index is -0.0496. The zero-order valence-corrected chi connectivity index (χ0v) is 12.2. The molecule has 1 heterocycles. The highest BCUT2D eigenvalue weighted by atomic mass is 32.2. The van der Waals surface area contributed by atoms with E-state index in [1.165, 1.54) is 25.9 Å². The fourth-order valence-electron chi connectivity index (χ4n) is 3.44.